The molecule has 2 heterocycles. The molecule has 0 saturated carbocycles. The van der Waals surface area contributed by atoms with Gasteiger partial charge in [0.25, 0.3) is 5.91 Å². The zero-order valence-corrected chi connectivity index (χ0v) is 20.3. The number of carbonyl (C=O) groups is 1. The Hall–Kier alpha value is -4.02. The van der Waals surface area contributed by atoms with E-state index in [1.165, 1.54) is 24.4 Å². The number of fused-ring (bicyclic) bond motifs is 2. The first-order chi connectivity index (χ1) is 16.9. The van der Waals surface area contributed by atoms with Crippen LogP contribution < -0.4 is 15.2 Å². The molecule has 0 unspecified atom stereocenters. The van der Waals surface area contributed by atoms with E-state index in [1.807, 2.05) is 24.3 Å². The van der Waals surface area contributed by atoms with Gasteiger partial charge in [0, 0.05) is 39.3 Å². The second-order valence-electron chi connectivity index (χ2n) is 7.53. The molecule has 0 fully saturated rings. The molecule has 1 N–H and O–H groups in total. The van der Waals surface area contributed by atoms with Crippen molar-refractivity contribution in [1.82, 2.24) is 4.98 Å². The van der Waals surface area contributed by atoms with Crippen LogP contribution in [0.2, 0.25) is 0 Å². The van der Waals surface area contributed by atoms with Gasteiger partial charge in [0.2, 0.25) is 10.9 Å². The minimum absolute atomic E-state index is 0.107. The molecular formula is C25H16BrN3O5S. The lowest BCUT2D eigenvalue weighted by Gasteiger charge is -2.19. The number of hydrogen-bond donors (Lipinski definition) is 2. The normalized spacial score (nSPS) is 11.1. The van der Waals surface area contributed by atoms with E-state index in [-0.39, 0.29) is 17.0 Å². The van der Waals surface area contributed by atoms with Crippen molar-refractivity contribution in [2.45, 2.75) is 0 Å². The topological polar surface area (TPSA) is 110 Å². The number of nitrogens with zero attached hydrogens (tertiary/aromatic N) is 2. The molecular weight excluding hydrogens is 534 g/mol. The van der Waals surface area contributed by atoms with Crippen molar-refractivity contribution in [2.24, 2.45) is 0 Å². The summed E-state index contributed by atoms with van der Waals surface area (Å²) in [6, 6.07) is 21.7. The van der Waals surface area contributed by atoms with Crippen LogP contribution in [0, 0.1) is 0 Å². The maximum atomic E-state index is 13.0. The predicted octanol–water partition coefficient (Wildman–Crippen LogP) is 5.02. The number of hydrogen-bond acceptors (Lipinski definition) is 6. The van der Waals surface area contributed by atoms with Crippen LogP contribution >= 0.6 is 15.9 Å². The average Bonchev–Trinajstić information content (AvgIpc) is 2.84. The molecule has 10 heteroatoms. The molecule has 5 aromatic rings. The summed E-state index contributed by atoms with van der Waals surface area (Å²) in [4.78, 5) is 28.9. The Morgan fingerprint density at radius 2 is 1.71 bits per heavy atom. The monoisotopic (exact) mass is 549 g/mol. The van der Waals surface area contributed by atoms with Gasteiger partial charge in [0.05, 0.1) is 11.3 Å². The first-order valence-electron chi connectivity index (χ1n) is 10.3. The summed E-state index contributed by atoms with van der Waals surface area (Å²) < 4.78 is 31.8. The zero-order chi connectivity index (χ0) is 24.5. The lowest BCUT2D eigenvalue weighted by atomic mass is 10.1. The molecule has 0 bridgehead atoms. The third kappa shape index (κ3) is 4.53. The van der Waals surface area contributed by atoms with E-state index in [2.05, 4.69) is 26.2 Å². The minimum Gasteiger partial charge on any atom is -0.422 e. The van der Waals surface area contributed by atoms with Crippen LogP contribution in [0.25, 0.3) is 21.7 Å². The Kier molecular flexibility index (Phi) is 6.06. The van der Waals surface area contributed by atoms with Gasteiger partial charge >= 0.3 is 5.63 Å². The summed E-state index contributed by atoms with van der Waals surface area (Å²) in [7, 11) is -3.11. The number of anilines is 3. The van der Waals surface area contributed by atoms with Gasteiger partial charge in [-0.05, 0) is 41.8 Å². The van der Waals surface area contributed by atoms with E-state index in [9.17, 15) is 18.0 Å². The van der Waals surface area contributed by atoms with Gasteiger partial charge in [-0.25, -0.2) is 22.5 Å². The van der Waals surface area contributed by atoms with Crippen molar-refractivity contribution in [2.75, 3.05) is 9.62 Å². The number of carbonyl (C=O) groups excluding carboxylic acids is 1. The second-order valence-corrected chi connectivity index (χ2v) is 9.32. The molecule has 0 radical (unpaired) electrons. The van der Waals surface area contributed by atoms with Crippen LogP contribution in [0.1, 0.15) is 10.4 Å². The highest BCUT2D eigenvalue weighted by atomic mass is 79.9. The van der Waals surface area contributed by atoms with Gasteiger partial charge in [0.15, 0.2) is 5.58 Å². The molecule has 3 aromatic carbocycles. The van der Waals surface area contributed by atoms with Crippen molar-refractivity contribution < 1.29 is 17.6 Å². The lowest BCUT2D eigenvalue weighted by molar-refractivity contribution is 0.102. The van der Waals surface area contributed by atoms with Crippen molar-refractivity contribution in [3.05, 3.63) is 106 Å². The molecule has 1 amide bonds. The first-order valence-corrected chi connectivity index (χ1v) is 12.3. The van der Waals surface area contributed by atoms with Crippen LogP contribution in [-0.4, -0.2) is 19.3 Å². The highest BCUT2D eigenvalue weighted by Crippen LogP contribution is 2.34. The quantitative estimate of drug-likeness (QED) is 0.235. The number of aromatic nitrogens is 1. The smallest absolute Gasteiger partial charge is 0.336 e. The van der Waals surface area contributed by atoms with Gasteiger partial charge in [-0.2, -0.15) is 0 Å². The largest absolute Gasteiger partial charge is 0.422 e. The van der Waals surface area contributed by atoms with Gasteiger partial charge < -0.3 is 9.73 Å². The molecule has 0 spiro atoms. The molecule has 0 aliphatic carbocycles. The van der Waals surface area contributed by atoms with Crippen LogP contribution in [0.15, 0.2) is 98.7 Å². The third-order valence-electron chi connectivity index (χ3n) is 5.32. The van der Waals surface area contributed by atoms with Gasteiger partial charge in [0.1, 0.15) is 5.82 Å². The number of nitrogens with one attached hydrogen (secondary N) is 1. The van der Waals surface area contributed by atoms with Crippen molar-refractivity contribution >= 4 is 71.7 Å². The van der Waals surface area contributed by atoms with E-state index in [1.54, 1.807) is 36.4 Å². The Balaban J connectivity index is 1.54. The fourth-order valence-electron chi connectivity index (χ4n) is 3.79. The Bertz CT molecular complexity index is 1740. The van der Waals surface area contributed by atoms with Crippen LogP contribution in [-0.2, 0) is 10.9 Å². The molecule has 0 saturated heterocycles. The Morgan fingerprint density at radius 1 is 0.943 bits per heavy atom. The number of benzene rings is 3. The standard InChI is InChI=1S/C25H16BrN3O5S/c26-17-9-7-15-3-2-6-21(20(15)13-17)29(35(32)33)22-14-18(11-12-27-22)28-25(31)19-5-1-4-16-8-10-23(30)34-24(16)19/h1-14,35H,(H,27,28,31). The number of thiol groups is 1. The Morgan fingerprint density at radius 3 is 2.54 bits per heavy atom. The summed E-state index contributed by atoms with van der Waals surface area (Å²) in [5.41, 5.74) is 0.507. The number of pyridine rings is 1. The van der Waals surface area contributed by atoms with Crippen LogP contribution in [0.5, 0.6) is 0 Å². The lowest BCUT2D eigenvalue weighted by Crippen LogP contribution is -2.17. The molecule has 5 rings (SSSR count). The number of halogens is 1. The van der Waals surface area contributed by atoms with Crippen LogP contribution in [0.4, 0.5) is 17.2 Å². The molecule has 2 aromatic heterocycles. The van der Waals surface area contributed by atoms with E-state index in [4.69, 9.17) is 4.42 Å². The fraction of sp³-hybridized carbons (Fsp3) is 0. The summed E-state index contributed by atoms with van der Waals surface area (Å²) in [5, 5.41) is 4.90. The number of rotatable bonds is 5. The SMILES string of the molecule is O=C(Nc1ccnc(N(c2cccc3ccc(Br)cc23)[SH](=O)=O)c1)c1cccc2ccc(=O)oc12. The maximum absolute atomic E-state index is 13.0. The predicted molar refractivity (Wildman–Crippen MR) is 139 cm³/mol. The number of para-hydroxylation sites is 1. The summed E-state index contributed by atoms with van der Waals surface area (Å²) in [6.07, 6.45) is 1.40. The summed E-state index contributed by atoms with van der Waals surface area (Å²) in [6.45, 7) is 0. The van der Waals surface area contributed by atoms with Crippen molar-refractivity contribution in [1.29, 1.82) is 0 Å². The second kappa shape index (κ2) is 9.32. The minimum atomic E-state index is -3.11. The van der Waals surface area contributed by atoms with E-state index in [0.29, 0.717) is 22.1 Å². The molecule has 0 atom stereocenters. The maximum Gasteiger partial charge on any atom is 0.336 e. The van der Waals surface area contributed by atoms with Crippen molar-refractivity contribution in [3.8, 4) is 0 Å². The van der Waals surface area contributed by atoms with Crippen molar-refractivity contribution in [3.63, 3.8) is 0 Å². The molecule has 35 heavy (non-hydrogen) atoms. The molecule has 0 aliphatic heterocycles. The Labute approximate surface area is 209 Å². The van der Waals surface area contributed by atoms with E-state index < -0.39 is 22.4 Å². The third-order valence-corrected chi connectivity index (χ3v) is 6.57. The first kappa shape index (κ1) is 22.8. The van der Waals surface area contributed by atoms with E-state index >= 15 is 0 Å². The fourth-order valence-corrected chi connectivity index (χ4v) is 4.78. The highest BCUT2D eigenvalue weighted by molar-refractivity contribution is 9.10. The number of amides is 1. The van der Waals surface area contributed by atoms with Crippen LogP contribution in [0.3, 0.4) is 0 Å². The summed E-state index contributed by atoms with van der Waals surface area (Å²) in [5.74, 6) is -0.412. The van der Waals surface area contributed by atoms with Gasteiger partial charge in [-0.1, -0.05) is 46.3 Å². The van der Waals surface area contributed by atoms with E-state index in [0.717, 1.165) is 14.2 Å². The highest BCUT2D eigenvalue weighted by Gasteiger charge is 2.18. The molecule has 8 nitrogen and oxygen atoms in total. The zero-order valence-electron chi connectivity index (χ0n) is 17.8. The van der Waals surface area contributed by atoms with Gasteiger partial charge in [-0.15, -0.1) is 0 Å². The molecule has 0 aliphatic rings. The molecule has 174 valence electrons. The summed E-state index contributed by atoms with van der Waals surface area (Å²) >= 11 is 3.43. The average molecular weight is 550 g/mol. The van der Waals surface area contributed by atoms with Gasteiger partial charge in [-0.3, -0.25) is 4.79 Å².